The minimum absolute atomic E-state index is 0.281. The first-order valence-corrected chi connectivity index (χ1v) is 7.15. The van der Waals surface area contributed by atoms with Crippen molar-refractivity contribution in [2.75, 3.05) is 26.1 Å². The van der Waals surface area contributed by atoms with Gasteiger partial charge in [-0.1, -0.05) is 13.8 Å². The van der Waals surface area contributed by atoms with Crippen LogP contribution in [0.25, 0.3) is 0 Å². The number of benzene rings is 1. The topological polar surface area (TPSA) is 76.7 Å². The molecule has 0 heterocycles. The van der Waals surface area contributed by atoms with Crippen molar-refractivity contribution in [3.63, 3.8) is 0 Å². The molecule has 2 N–H and O–H groups in total. The summed E-state index contributed by atoms with van der Waals surface area (Å²) >= 11 is 5.18. The Kier molecular flexibility index (Phi) is 6.78. The fourth-order valence-electron chi connectivity index (χ4n) is 1.64. The van der Waals surface area contributed by atoms with Crippen molar-refractivity contribution in [3.05, 3.63) is 29.3 Å². The molecule has 0 radical (unpaired) electrons. The predicted molar refractivity (Wildman–Crippen MR) is 88.2 cm³/mol. The number of rotatable bonds is 5. The van der Waals surface area contributed by atoms with E-state index in [0.717, 1.165) is 0 Å². The van der Waals surface area contributed by atoms with E-state index in [1.807, 2.05) is 13.8 Å². The number of anilines is 1. The summed E-state index contributed by atoms with van der Waals surface area (Å²) in [6, 6.07) is 4.49. The van der Waals surface area contributed by atoms with Crippen LogP contribution < -0.4 is 10.6 Å². The maximum Gasteiger partial charge on any atom is 0.339 e. The molecule has 120 valence electrons. The molecule has 0 atom stereocenters. The molecule has 1 aromatic carbocycles. The van der Waals surface area contributed by atoms with Gasteiger partial charge in [0.25, 0.3) is 0 Å². The lowest BCUT2D eigenvalue weighted by molar-refractivity contribution is 0.0587. The Balaban J connectivity index is 3.03. The molecular weight excluding hydrogens is 304 g/mol. The lowest BCUT2D eigenvalue weighted by Gasteiger charge is -2.15. The molecule has 0 saturated carbocycles. The second-order valence-electron chi connectivity index (χ2n) is 4.97. The van der Waals surface area contributed by atoms with E-state index >= 15 is 0 Å². The van der Waals surface area contributed by atoms with E-state index in [1.54, 1.807) is 0 Å². The third-order valence-electron chi connectivity index (χ3n) is 2.77. The Morgan fingerprint density at radius 3 is 2.36 bits per heavy atom. The number of carbonyl (C=O) groups excluding carboxylic acids is 2. The Hall–Kier alpha value is -2.15. The van der Waals surface area contributed by atoms with Crippen LogP contribution >= 0.6 is 12.2 Å². The van der Waals surface area contributed by atoms with Crippen LogP contribution in [-0.4, -0.2) is 37.8 Å². The Morgan fingerprint density at radius 2 is 1.82 bits per heavy atom. The summed E-state index contributed by atoms with van der Waals surface area (Å²) < 4.78 is 9.40. The van der Waals surface area contributed by atoms with E-state index in [4.69, 9.17) is 17.0 Å². The second-order valence-corrected chi connectivity index (χ2v) is 5.38. The average Bonchev–Trinajstić information content (AvgIpc) is 2.51. The molecule has 0 unspecified atom stereocenters. The van der Waals surface area contributed by atoms with E-state index in [0.29, 0.717) is 28.8 Å². The molecular formula is C15H20N2O4S. The largest absolute Gasteiger partial charge is 0.465 e. The number of thiocarbonyl (C=S) groups is 1. The maximum absolute atomic E-state index is 11.8. The summed E-state index contributed by atoms with van der Waals surface area (Å²) in [6.07, 6.45) is 0. The Bertz CT molecular complexity index is 573. The zero-order chi connectivity index (χ0) is 16.7. The molecule has 0 saturated heterocycles. The average molecular weight is 324 g/mol. The number of hydrogen-bond acceptors (Lipinski definition) is 5. The smallest absolute Gasteiger partial charge is 0.339 e. The fourth-order valence-corrected chi connectivity index (χ4v) is 1.84. The molecule has 1 rings (SSSR count). The molecule has 0 fully saturated rings. The monoisotopic (exact) mass is 324 g/mol. The van der Waals surface area contributed by atoms with Crippen molar-refractivity contribution in [2.24, 2.45) is 5.92 Å². The highest BCUT2D eigenvalue weighted by atomic mass is 32.1. The number of nitrogens with one attached hydrogen (secondary N) is 2. The molecule has 0 aliphatic rings. The van der Waals surface area contributed by atoms with Gasteiger partial charge in [0.2, 0.25) is 0 Å². The molecule has 6 nitrogen and oxygen atoms in total. The van der Waals surface area contributed by atoms with Crippen LogP contribution in [0.1, 0.15) is 34.6 Å². The van der Waals surface area contributed by atoms with Gasteiger partial charge in [0.05, 0.1) is 31.0 Å². The Morgan fingerprint density at radius 1 is 1.18 bits per heavy atom. The van der Waals surface area contributed by atoms with Crippen LogP contribution in [0.15, 0.2) is 18.2 Å². The first-order chi connectivity index (χ1) is 10.4. The summed E-state index contributed by atoms with van der Waals surface area (Å²) in [5, 5.41) is 6.30. The van der Waals surface area contributed by atoms with Gasteiger partial charge >= 0.3 is 11.9 Å². The van der Waals surface area contributed by atoms with E-state index in [2.05, 4.69) is 15.4 Å². The van der Waals surface area contributed by atoms with Crippen molar-refractivity contribution >= 4 is 35.0 Å². The Labute approximate surface area is 135 Å². The minimum Gasteiger partial charge on any atom is -0.465 e. The van der Waals surface area contributed by atoms with Gasteiger partial charge in [0.1, 0.15) is 0 Å². The lowest BCUT2D eigenvalue weighted by Crippen LogP contribution is -2.32. The molecule has 7 heteroatoms. The summed E-state index contributed by atoms with van der Waals surface area (Å²) in [5.74, 6) is -0.604. The number of ether oxygens (including phenoxy) is 2. The van der Waals surface area contributed by atoms with Crippen LogP contribution in [0.2, 0.25) is 0 Å². The highest BCUT2D eigenvalue weighted by molar-refractivity contribution is 7.80. The first kappa shape index (κ1) is 17.9. The van der Waals surface area contributed by atoms with Gasteiger partial charge in [-0.3, -0.25) is 0 Å². The summed E-state index contributed by atoms with van der Waals surface area (Å²) in [6.45, 7) is 4.79. The lowest BCUT2D eigenvalue weighted by atomic mass is 10.1. The minimum atomic E-state index is -0.523. The standard InChI is InChI=1S/C15H20N2O4S/c1-9(2)8-16-15(22)17-12-7-10(13(18)20-3)5-6-11(12)14(19)21-4/h5-7,9H,8H2,1-4H3,(H2,16,17,22). The van der Waals surface area contributed by atoms with Gasteiger partial charge in [-0.05, 0) is 36.3 Å². The third-order valence-corrected chi connectivity index (χ3v) is 3.01. The van der Waals surface area contributed by atoms with Crippen molar-refractivity contribution in [3.8, 4) is 0 Å². The van der Waals surface area contributed by atoms with Gasteiger partial charge < -0.3 is 20.1 Å². The molecule has 1 aromatic rings. The highest BCUT2D eigenvalue weighted by Crippen LogP contribution is 2.19. The normalized spacial score (nSPS) is 10.0. The van der Waals surface area contributed by atoms with E-state index in [1.165, 1.54) is 32.4 Å². The number of esters is 2. The van der Waals surface area contributed by atoms with Crippen LogP contribution in [0.5, 0.6) is 0 Å². The molecule has 0 bridgehead atoms. The van der Waals surface area contributed by atoms with Gasteiger partial charge in [0, 0.05) is 6.54 Å². The van der Waals surface area contributed by atoms with Crippen molar-refractivity contribution in [1.82, 2.24) is 5.32 Å². The van der Waals surface area contributed by atoms with E-state index < -0.39 is 11.9 Å². The van der Waals surface area contributed by atoms with E-state index in [9.17, 15) is 9.59 Å². The number of hydrogen-bond donors (Lipinski definition) is 2. The number of methoxy groups -OCH3 is 2. The zero-order valence-electron chi connectivity index (χ0n) is 13.1. The quantitative estimate of drug-likeness (QED) is 0.635. The first-order valence-electron chi connectivity index (χ1n) is 6.74. The predicted octanol–water partition coefficient (Wildman–Crippen LogP) is 2.20. The number of carbonyl (C=O) groups is 2. The van der Waals surface area contributed by atoms with Gasteiger partial charge in [-0.25, -0.2) is 9.59 Å². The van der Waals surface area contributed by atoms with Crippen molar-refractivity contribution < 1.29 is 19.1 Å². The molecule has 0 aliphatic carbocycles. The van der Waals surface area contributed by atoms with Crippen LogP contribution in [-0.2, 0) is 9.47 Å². The summed E-state index contributed by atoms with van der Waals surface area (Å²) in [4.78, 5) is 23.4. The molecule has 0 amide bonds. The summed E-state index contributed by atoms with van der Waals surface area (Å²) in [5.41, 5.74) is 0.976. The molecule has 0 aromatic heterocycles. The van der Waals surface area contributed by atoms with Crippen molar-refractivity contribution in [1.29, 1.82) is 0 Å². The molecule has 0 spiro atoms. The van der Waals surface area contributed by atoms with Gasteiger partial charge in [0.15, 0.2) is 5.11 Å². The fraction of sp³-hybridized carbons (Fsp3) is 0.400. The highest BCUT2D eigenvalue weighted by Gasteiger charge is 2.16. The van der Waals surface area contributed by atoms with Gasteiger partial charge in [-0.15, -0.1) is 0 Å². The van der Waals surface area contributed by atoms with Crippen molar-refractivity contribution in [2.45, 2.75) is 13.8 Å². The zero-order valence-corrected chi connectivity index (χ0v) is 13.9. The molecule has 22 heavy (non-hydrogen) atoms. The van der Waals surface area contributed by atoms with Crippen LogP contribution in [0, 0.1) is 5.92 Å². The third kappa shape index (κ3) is 5.00. The maximum atomic E-state index is 11.8. The molecule has 0 aliphatic heterocycles. The van der Waals surface area contributed by atoms with Crippen LogP contribution in [0.3, 0.4) is 0 Å². The van der Waals surface area contributed by atoms with Gasteiger partial charge in [-0.2, -0.15) is 0 Å². The van der Waals surface area contributed by atoms with E-state index in [-0.39, 0.29) is 5.56 Å². The second kappa shape index (κ2) is 8.33. The summed E-state index contributed by atoms with van der Waals surface area (Å²) in [7, 11) is 2.58. The SMILES string of the molecule is COC(=O)c1ccc(C(=O)OC)c(NC(=S)NCC(C)C)c1. The van der Waals surface area contributed by atoms with Crippen LogP contribution in [0.4, 0.5) is 5.69 Å².